The summed E-state index contributed by atoms with van der Waals surface area (Å²) in [6.07, 6.45) is 0.694. The number of nitrogens with two attached hydrogens (primary N) is 1. The van der Waals surface area contributed by atoms with E-state index in [0.717, 1.165) is 0 Å². The van der Waals surface area contributed by atoms with Crippen molar-refractivity contribution in [3.8, 4) is 0 Å². The Balaban J connectivity index is 3.56. The van der Waals surface area contributed by atoms with Crippen LogP contribution < -0.4 is 11.1 Å². The highest BCUT2D eigenvalue weighted by Crippen LogP contribution is 1.86. The van der Waals surface area contributed by atoms with Crippen LogP contribution in [0.2, 0.25) is 0 Å². The Bertz CT molecular complexity index is 125. The van der Waals surface area contributed by atoms with E-state index in [1.54, 1.807) is 0 Å². The first-order chi connectivity index (χ1) is 5.20. The molecular formula is C7H17N3O. The molecule has 1 unspecified atom stereocenters. The Labute approximate surface area is 67.5 Å². The molecule has 0 rings (SSSR count). The number of aliphatic imine (C=N–C) groups is 1. The minimum absolute atomic E-state index is 0.174. The number of nitrogens with zero attached hydrogens (tertiary/aromatic N) is 1. The van der Waals surface area contributed by atoms with Gasteiger partial charge in [0.05, 0.1) is 0 Å². The molecule has 0 aromatic carbocycles. The van der Waals surface area contributed by atoms with E-state index in [0.29, 0.717) is 18.9 Å². The zero-order chi connectivity index (χ0) is 8.69. The number of rotatable bonds is 4. The second kappa shape index (κ2) is 5.97. The van der Waals surface area contributed by atoms with Crippen molar-refractivity contribution < 1.29 is 5.11 Å². The normalized spacial score (nSPS) is 14.6. The molecule has 0 saturated heterocycles. The first-order valence-electron chi connectivity index (χ1n) is 3.88. The summed E-state index contributed by atoms with van der Waals surface area (Å²) in [5.41, 5.74) is 5.47. The number of aliphatic hydroxyl groups is 1. The van der Waals surface area contributed by atoms with Gasteiger partial charge in [-0.3, -0.25) is 4.99 Å². The zero-order valence-electron chi connectivity index (χ0n) is 7.17. The first-order valence-corrected chi connectivity index (χ1v) is 3.88. The zero-order valence-corrected chi connectivity index (χ0v) is 7.17. The average molecular weight is 159 g/mol. The van der Waals surface area contributed by atoms with Crippen molar-refractivity contribution in [1.29, 1.82) is 0 Å². The fraction of sp³-hybridized carbons (Fsp3) is 0.857. The third kappa shape index (κ3) is 5.66. The molecule has 0 fully saturated rings. The van der Waals surface area contributed by atoms with E-state index in [-0.39, 0.29) is 12.6 Å². The maximum atomic E-state index is 8.56. The van der Waals surface area contributed by atoms with Crippen molar-refractivity contribution in [2.75, 3.05) is 13.2 Å². The van der Waals surface area contributed by atoms with E-state index >= 15 is 0 Å². The van der Waals surface area contributed by atoms with Gasteiger partial charge >= 0.3 is 0 Å². The summed E-state index contributed by atoms with van der Waals surface area (Å²) in [4.78, 5) is 3.95. The molecule has 0 radical (unpaired) electrons. The molecular weight excluding hydrogens is 142 g/mol. The van der Waals surface area contributed by atoms with Crippen LogP contribution in [0.1, 0.15) is 20.3 Å². The van der Waals surface area contributed by atoms with Crippen LogP contribution in [0.25, 0.3) is 0 Å². The van der Waals surface area contributed by atoms with Crippen LogP contribution in [0.4, 0.5) is 0 Å². The van der Waals surface area contributed by atoms with E-state index in [9.17, 15) is 0 Å². The van der Waals surface area contributed by atoms with Gasteiger partial charge in [0.2, 0.25) is 0 Å². The van der Waals surface area contributed by atoms with Gasteiger partial charge in [-0.25, -0.2) is 0 Å². The van der Waals surface area contributed by atoms with Crippen molar-refractivity contribution in [3.63, 3.8) is 0 Å². The van der Waals surface area contributed by atoms with Crippen molar-refractivity contribution in [3.05, 3.63) is 0 Å². The molecule has 1 atom stereocenters. The number of guanidine groups is 1. The molecule has 0 saturated carbocycles. The summed E-state index contributed by atoms with van der Waals surface area (Å²) in [7, 11) is 0. The van der Waals surface area contributed by atoms with Crippen LogP contribution in [0.3, 0.4) is 0 Å². The molecule has 4 heteroatoms. The van der Waals surface area contributed by atoms with Crippen LogP contribution in [-0.2, 0) is 0 Å². The molecule has 0 heterocycles. The standard InChI is InChI=1S/C7H17N3O/c1-3-9-7(8)10-6(2)4-5-11/h6,11H,3-5H2,1-2H3,(H3,8,9,10). The summed E-state index contributed by atoms with van der Waals surface area (Å²) < 4.78 is 0. The summed E-state index contributed by atoms with van der Waals surface area (Å²) in [5.74, 6) is 0.452. The predicted octanol–water partition coefficient (Wildman–Crippen LogP) is -0.318. The Morgan fingerprint density at radius 2 is 2.36 bits per heavy atom. The molecule has 0 spiro atoms. The van der Waals surface area contributed by atoms with Gasteiger partial charge in [-0.1, -0.05) is 0 Å². The van der Waals surface area contributed by atoms with Crippen molar-refractivity contribution >= 4 is 5.96 Å². The van der Waals surface area contributed by atoms with E-state index in [1.807, 2.05) is 13.8 Å². The SMILES string of the molecule is CCN=C(N)NC(C)CCO. The van der Waals surface area contributed by atoms with E-state index < -0.39 is 0 Å². The van der Waals surface area contributed by atoms with Gasteiger partial charge in [-0.2, -0.15) is 0 Å². The second-order valence-corrected chi connectivity index (χ2v) is 2.42. The summed E-state index contributed by atoms with van der Waals surface area (Å²) in [6.45, 7) is 4.73. The Morgan fingerprint density at radius 1 is 1.73 bits per heavy atom. The minimum Gasteiger partial charge on any atom is -0.396 e. The summed E-state index contributed by atoms with van der Waals surface area (Å²) >= 11 is 0. The van der Waals surface area contributed by atoms with Crippen molar-refractivity contribution in [2.45, 2.75) is 26.3 Å². The quantitative estimate of drug-likeness (QED) is 0.389. The monoisotopic (exact) mass is 159 g/mol. The molecule has 0 aliphatic heterocycles. The highest BCUT2D eigenvalue weighted by molar-refractivity contribution is 5.78. The third-order valence-electron chi connectivity index (χ3n) is 1.28. The lowest BCUT2D eigenvalue weighted by Gasteiger charge is -2.12. The fourth-order valence-corrected chi connectivity index (χ4v) is 0.734. The second-order valence-electron chi connectivity index (χ2n) is 2.42. The molecule has 0 aromatic rings. The van der Waals surface area contributed by atoms with E-state index in [2.05, 4.69) is 10.3 Å². The van der Waals surface area contributed by atoms with Crippen LogP contribution >= 0.6 is 0 Å². The van der Waals surface area contributed by atoms with E-state index in [4.69, 9.17) is 10.8 Å². The molecule has 0 aliphatic rings. The Morgan fingerprint density at radius 3 is 2.82 bits per heavy atom. The minimum atomic E-state index is 0.174. The van der Waals surface area contributed by atoms with Gasteiger partial charge in [-0.15, -0.1) is 0 Å². The first kappa shape index (κ1) is 10.2. The van der Waals surface area contributed by atoms with Crippen molar-refractivity contribution in [1.82, 2.24) is 5.32 Å². The maximum Gasteiger partial charge on any atom is 0.188 e. The third-order valence-corrected chi connectivity index (χ3v) is 1.28. The highest BCUT2D eigenvalue weighted by atomic mass is 16.3. The Kier molecular flexibility index (Phi) is 5.56. The van der Waals surface area contributed by atoms with Crippen LogP contribution in [0, 0.1) is 0 Å². The van der Waals surface area contributed by atoms with Gasteiger partial charge < -0.3 is 16.2 Å². The Hall–Kier alpha value is -0.770. The highest BCUT2D eigenvalue weighted by Gasteiger charge is 1.99. The van der Waals surface area contributed by atoms with Gasteiger partial charge in [0.15, 0.2) is 5.96 Å². The molecule has 4 nitrogen and oxygen atoms in total. The fourth-order valence-electron chi connectivity index (χ4n) is 0.734. The molecule has 0 aromatic heterocycles. The molecule has 0 bridgehead atoms. The number of hydrogen-bond acceptors (Lipinski definition) is 2. The predicted molar refractivity (Wildman–Crippen MR) is 46.5 cm³/mol. The topological polar surface area (TPSA) is 70.6 Å². The lowest BCUT2D eigenvalue weighted by molar-refractivity contribution is 0.275. The number of hydrogen-bond donors (Lipinski definition) is 3. The van der Waals surface area contributed by atoms with Crippen LogP contribution in [0.15, 0.2) is 4.99 Å². The average Bonchev–Trinajstić information content (AvgIpc) is 1.87. The van der Waals surface area contributed by atoms with Gasteiger partial charge in [0.25, 0.3) is 0 Å². The van der Waals surface area contributed by atoms with Gasteiger partial charge in [0.1, 0.15) is 0 Å². The molecule has 11 heavy (non-hydrogen) atoms. The van der Waals surface area contributed by atoms with E-state index in [1.165, 1.54) is 0 Å². The lowest BCUT2D eigenvalue weighted by atomic mass is 10.2. The number of nitrogens with one attached hydrogen (secondary N) is 1. The van der Waals surface area contributed by atoms with Gasteiger partial charge in [-0.05, 0) is 20.3 Å². The number of aliphatic hydroxyl groups excluding tert-OH is 1. The van der Waals surface area contributed by atoms with Crippen LogP contribution in [0.5, 0.6) is 0 Å². The van der Waals surface area contributed by atoms with Gasteiger partial charge in [0, 0.05) is 19.2 Å². The molecule has 0 amide bonds. The van der Waals surface area contributed by atoms with Crippen LogP contribution in [-0.4, -0.2) is 30.3 Å². The summed E-state index contributed by atoms with van der Waals surface area (Å²) in [6, 6.07) is 0.190. The molecule has 0 aliphatic carbocycles. The summed E-state index contributed by atoms with van der Waals surface area (Å²) in [5, 5.41) is 11.5. The maximum absolute atomic E-state index is 8.56. The molecule has 66 valence electrons. The lowest BCUT2D eigenvalue weighted by Crippen LogP contribution is -2.38. The smallest absolute Gasteiger partial charge is 0.188 e. The largest absolute Gasteiger partial charge is 0.396 e. The van der Waals surface area contributed by atoms with Crippen molar-refractivity contribution in [2.24, 2.45) is 10.7 Å². The molecule has 4 N–H and O–H groups in total.